The van der Waals surface area contributed by atoms with Crippen molar-refractivity contribution in [3.05, 3.63) is 108 Å². The molecule has 0 saturated carbocycles. The molecular weight excluding hydrogens is 372 g/mol. The molecular formula is C27H22O3. The Labute approximate surface area is 176 Å². The number of benzene rings is 4. The molecule has 4 rings (SSSR count). The van der Waals surface area contributed by atoms with Crippen molar-refractivity contribution in [1.29, 1.82) is 0 Å². The van der Waals surface area contributed by atoms with Crippen LogP contribution in [-0.4, -0.2) is 13.1 Å². The van der Waals surface area contributed by atoms with Gasteiger partial charge in [0.15, 0.2) is 11.5 Å². The summed E-state index contributed by atoms with van der Waals surface area (Å²) in [5.41, 5.74) is 3.02. The maximum atomic E-state index is 12.3. The van der Waals surface area contributed by atoms with Crippen LogP contribution in [0.15, 0.2) is 91.0 Å². The van der Waals surface area contributed by atoms with Crippen LogP contribution in [0.2, 0.25) is 0 Å². The van der Waals surface area contributed by atoms with Gasteiger partial charge in [0, 0.05) is 0 Å². The van der Waals surface area contributed by atoms with Crippen molar-refractivity contribution >= 4 is 28.9 Å². The van der Waals surface area contributed by atoms with E-state index < -0.39 is 0 Å². The van der Waals surface area contributed by atoms with Crippen molar-refractivity contribution in [2.24, 2.45) is 0 Å². The van der Waals surface area contributed by atoms with Crippen molar-refractivity contribution in [3.8, 4) is 11.5 Å². The molecule has 0 saturated heterocycles. The third kappa shape index (κ3) is 4.58. The predicted octanol–water partition coefficient (Wildman–Crippen LogP) is 6.17. The normalized spacial score (nSPS) is 11.0. The Balaban J connectivity index is 1.52. The summed E-state index contributed by atoms with van der Waals surface area (Å²) in [4.78, 5) is 12.3. The number of esters is 1. The summed E-state index contributed by atoms with van der Waals surface area (Å²) >= 11 is 0. The lowest BCUT2D eigenvalue weighted by Gasteiger charge is -2.10. The first kappa shape index (κ1) is 19.5. The van der Waals surface area contributed by atoms with E-state index in [1.807, 2.05) is 60.7 Å². The van der Waals surface area contributed by atoms with Crippen LogP contribution in [0.1, 0.15) is 16.7 Å². The molecule has 0 N–H and O–H groups in total. The Morgan fingerprint density at radius 2 is 1.57 bits per heavy atom. The number of ether oxygens (including phenoxy) is 2. The first-order valence-corrected chi connectivity index (χ1v) is 9.81. The van der Waals surface area contributed by atoms with Crippen LogP contribution in [0.5, 0.6) is 11.5 Å². The summed E-state index contributed by atoms with van der Waals surface area (Å²) in [5.74, 6) is 0.621. The van der Waals surface area contributed by atoms with Gasteiger partial charge < -0.3 is 9.47 Å². The molecule has 0 aliphatic carbocycles. The van der Waals surface area contributed by atoms with E-state index in [2.05, 4.69) is 36.4 Å². The quantitative estimate of drug-likeness (QED) is 0.223. The van der Waals surface area contributed by atoms with E-state index in [-0.39, 0.29) is 12.4 Å². The maximum Gasteiger partial charge on any atom is 0.315 e. The third-order valence-corrected chi connectivity index (χ3v) is 4.88. The number of methoxy groups -OCH3 is 1. The molecule has 0 aromatic heterocycles. The van der Waals surface area contributed by atoms with E-state index in [0.29, 0.717) is 11.5 Å². The molecule has 3 nitrogen and oxygen atoms in total. The Morgan fingerprint density at radius 1 is 0.800 bits per heavy atom. The van der Waals surface area contributed by atoms with Crippen molar-refractivity contribution in [2.45, 2.75) is 6.42 Å². The fourth-order valence-corrected chi connectivity index (χ4v) is 3.38. The number of carbonyl (C=O) groups excluding carboxylic acids is 1. The predicted molar refractivity (Wildman–Crippen MR) is 122 cm³/mol. The number of rotatable bonds is 6. The van der Waals surface area contributed by atoms with Crippen LogP contribution in [0.3, 0.4) is 0 Å². The van der Waals surface area contributed by atoms with Crippen LogP contribution >= 0.6 is 0 Å². The topological polar surface area (TPSA) is 35.5 Å². The van der Waals surface area contributed by atoms with Crippen LogP contribution in [0, 0.1) is 0 Å². The zero-order valence-corrected chi connectivity index (χ0v) is 16.7. The first-order valence-electron chi connectivity index (χ1n) is 9.81. The van der Waals surface area contributed by atoms with Crippen LogP contribution in [-0.2, 0) is 11.2 Å². The van der Waals surface area contributed by atoms with Gasteiger partial charge in [0.1, 0.15) is 0 Å². The molecule has 0 fully saturated rings. The Hall–Kier alpha value is -3.85. The average Bonchev–Trinajstić information content (AvgIpc) is 2.79. The smallest absolute Gasteiger partial charge is 0.315 e. The number of hydrogen-bond donors (Lipinski definition) is 0. The molecule has 0 radical (unpaired) electrons. The van der Waals surface area contributed by atoms with Crippen LogP contribution < -0.4 is 9.47 Å². The van der Waals surface area contributed by atoms with E-state index >= 15 is 0 Å². The molecule has 30 heavy (non-hydrogen) atoms. The van der Waals surface area contributed by atoms with Gasteiger partial charge in [0.05, 0.1) is 13.5 Å². The maximum absolute atomic E-state index is 12.3. The van der Waals surface area contributed by atoms with E-state index in [1.54, 1.807) is 13.2 Å². The second-order valence-electron chi connectivity index (χ2n) is 6.95. The summed E-state index contributed by atoms with van der Waals surface area (Å²) in [5, 5.41) is 2.41. The molecule has 0 heterocycles. The van der Waals surface area contributed by atoms with E-state index in [1.165, 1.54) is 10.8 Å². The zero-order chi connectivity index (χ0) is 20.8. The number of hydrogen-bond acceptors (Lipinski definition) is 3. The van der Waals surface area contributed by atoms with Crippen molar-refractivity contribution in [3.63, 3.8) is 0 Å². The van der Waals surface area contributed by atoms with Crippen LogP contribution in [0.4, 0.5) is 0 Å². The van der Waals surface area contributed by atoms with Gasteiger partial charge in [-0.25, -0.2) is 0 Å². The molecule has 0 spiro atoms. The standard InChI is InChI=1S/C27H22O3/c1-29-26-18-21(14-16-23-12-7-11-22-10-5-6-13-24(22)23)15-17-25(26)30-27(28)19-20-8-3-2-4-9-20/h2-18H,19H2,1H3/b16-14+. The highest BCUT2D eigenvalue weighted by molar-refractivity contribution is 5.92. The Bertz CT molecular complexity index is 1190. The average molecular weight is 394 g/mol. The summed E-state index contributed by atoms with van der Waals surface area (Å²) in [7, 11) is 1.57. The summed E-state index contributed by atoms with van der Waals surface area (Å²) in [6.45, 7) is 0. The highest BCUT2D eigenvalue weighted by Crippen LogP contribution is 2.29. The second-order valence-corrected chi connectivity index (χ2v) is 6.95. The van der Waals surface area contributed by atoms with Crippen LogP contribution in [0.25, 0.3) is 22.9 Å². The summed E-state index contributed by atoms with van der Waals surface area (Å²) < 4.78 is 11.0. The highest BCUT2D eigenvalue weighted by atomic mass is 16.6. The largest absolute Gasteiger partial charge is 0.493 e. The van der Waals surface area contributed by atoms with Gasteiger partial charge in [-0.1, -0.05) is 91.0 Å². The monoisotopic (exact) mass is 394 g/mol. The molecule has 3 heteroatoms. The molecule has 0 aliphatic rings. The summed E-state index contributed by atoms with van der Waals surface area (Å²) in [6.07, 6.45) is 4.32. The third-order valence-electron chi connectivity index (χ3n) is 4.88. The minimum atomic E-state index is -0.321. The molecule has 148 valence electrons. The van der Waals surface area contributed by atoms with E-state index in [0.717, 1.165) is 16.7 Å². The fraction of sp³-hybridized carbons (Fsp3) is 0.0741. The molecule has 0 amide bonds. The SMILES string of the molecule is COc1cc(/C=C/c2cccc3ccccc23)ccc1OC(=O)Cc1ccccc1. The minimum Gasteiger partial charge on any atom is -0.493 e. The molecule has 0 bridgehead atoms. The molecule has 0 atom stereocenters. The van der Waals surface area contributed by atoms with Gasteiger partial charge >= 0.3 is 5.97 Å². The first-order chi connectivity index (χ1) is 14.7. The van der Waals surface area contributed by atoms with E-state index in [4.69, 9.17) is 9.47 Å². The lowest BCUT2D eigenvalue weighted by atomic mass is 10.0. The van der Waals surface area contributed by atoms with Gasteiger partial charge in [-0.2, -0.15) is 0 Å². The van der Waals surface area contributed by atoms with Gasteiger partial charge in [0.25, 0.3) is 0 Å². The van der Waals surface area contributed by atoms with Gasteiger partial charge in [-0.15, -0.1) is 0 Å². The molecule has 4 aromatic rings. The van der Waals surface area contributed by atoms with Gasteiger partial charge in [0.2, 0.25) is 0 Å². The fourth-order valence-electron chi connectivity index (χ4n) is 3.38. The number of fused-ring (bicyclic) bond motifs is 1. The molecule has 0 aliphatic heterocycles. The van der Waals surface area contributed by atoms with Gasteiger partial charge in [-0.05, 0) is 39.6 Å². The number of carbonyl (C=O) groups is 1. The highest BCUT2D eigenvalue weighted by Gasteiger charge is 2.11. The van der Waals surface area contributed by atoms with Crippen molar-refractivity contribution in [2.75, 3.05) is 7.11 Å². The second kappa shape index (κ2) is 9.10. The summed E-state index contributed by atoms with van der Waals surface area (Å²) in [6, 6.07) is 29.6. The Morgan fingerprint density at radius 3 is 2.40 bits per heavy atom. The van der Waals surface area contributed by atoms with Crippen molar-refractivity contribution in [1.82, 2.24) is 0 Å². The Kier molecular flexibility index (Phi) is 5.90. The zero-order valence-electron chi connectivity index (χ0n) is 16.7. The van der Waals surface area contributed by atoms with Crippen molar-refractivity contribution < 1.29 is 14.3 Å². The van der Waals surface area contributed by atoms with Gasteiger partial charge in [-0.3, -0.25) is 4.79 Å². The lowest BCUT2D eigenvalue weighted by molar-refractivity contribution is -0.133. The molecule has 0 unspecified atom stereocenters. The molecule has 4 aromatic carbocycles. The minimum absolute atomic E-state index is 0.215. The van der Waals surface area contributed by atoms with E-state index in [9.17, 15) is 4.79 Å². The lowest BCUT2D eigenvalue weighted by Crippen LogP contribution is -2.11.